The van der Waals surface area contributed by atoms with E-state index in [1.165, 1.54) is 6.92 Å². The molecule has 4 heteroatoms. The fourth-order valence-electron chi connectivity index (χ4n) is 0.800. The highest BCUT2D eigenvalue weighted by Gasteiger charge is 2.46. The van der Waals surface area contributed by atoms with Gasteiger partial charge in [-0.2, -0.15) is 0 Å². The van der Waals surface area contributed by atoms with E-state index in [4.69, 9.17) is 9.84 Å². The minimum absolute atomic E-state index is 0.297. The molecular weight excluding hydrogens is 160 g/mol. The average molecular weight is 170 g/mol. The van der Waals surface area contributed by atoms with Crippen molar-refractivity contribution in [2.75, 3.05) is 0 Å². The van der Waals surface area contributed by atoms with Gasteiger partial charge < -0.3 is 9.84 Å². The first-order chi connectivity index (χ1) is 5.52. The van der Waals surface area contributed by atoms with Crippen LogP contribution in [0.4, 0.5) is 0 Å². The van der Waals surface area contributed by atoms with E-state index in [1.54, 1.807) is 0 Å². The molecule has 1 aliphatic carbocycles. The standard InChI is InChI=1S/C8H10O4/c1-4(2)8(11)12-6-3-5(6)7(9)10/h5-6H,1,3H2,2H3,(H,9,10). The molecule has 0 aromatic heterocycles. The minimum atomic E-state index is -0.908. The summed E-state index contributed by atoms with van der Waals surface area (Å²) in [6.45, 7) is 4.91. The first kappa shape index (κ1) is 8.77. The normalized spacial score (nSPS) is 26.1. The minimum Gasteiger partial charge on any atom is -0.481 e. The van der Waals surface area contributed by atoms with Crippen LogP contribution >= 0.6 is 0 Å². The lowest BCUT2D eigenvalue weighted by Gasteiger charge is -2.00. The van der Waals surface area contributed by atoms with Gasteiger partial charge >= 0.3 is 11.9 Å². The molecule has 2 unspecified atom stereocenters. The number of carboxylic acid groups (broad SMARTS) is 1. The van der Waals surface area contributed by atoms with E-state index in [0.717, 1.165) is 0 Å². The van der Waals surface area contributed by atoms with Crippen LogP contribution in [0.5, 0.6) is 0 Å². The summed E-state index contributed by atoms with van der Waals surface area (Å²) in [5.41, 5.74) is 0.297. The van der Waals surface area contributed by atoms with Gasteiger partial charge in [-0.3, -0.25) is 4.79 Å². The monoisotopic (exact) mass is 170 g/mol. The van der Waals surface area contributed by atoms with Gasteiger partial charge in [0.1, 0.15) is 6.10 Å². The second-order valence-electron chi connectivity index (χ2n) is 2.90. The van der Waals surface area contributed by atoms with Gasteiger partial charge in [-0.05, 0) is 6.92 Å². The molecule has 12 heavy (non-hydrogen) atoms. The molecular formula is C8H10O4. The summed E-state index contributed by atoms with van der Waals surface area (Å²) < 4.78 is 4.78. The third-order valence-electron chi connectivity index (χ3n) is 1.66. The molecule has 66 valence electrons. The second kappa shape index (κ2) is 2.97. The first-order valence-electron chi connectivity index (χ1n) is 3.61. The Morgan fingerprint density at radius 2 is 2.17 bits per heavy atom. The van der Waals surface area contributed by atoms with E-state index in [0.29, 0.717) is 12.0 Å². The number of rotatable bonds is 3. The topological polar surface area (TPSA) is 63.6 Å². The van der Waals surface area contributed by atoms with Crippen LogP contribution in [0.3, 0.4) is 0 Å². The summed E-state index contributed by atoms with van der Waals surface area (Å²) in [4.78, 5) is 21.2. The molecule has 1 saturated carbocycles. The molecule has 4 nitrogen and oxygen atoms in total. The Balaban J connectivity index is 2.33. The number of hydrogen-bond acceptors (Lipinski definition) is 3. The molecule has 0 heterocycles. The Morgan fingerprint density at radius 1 is 1.58 bits per heavy atom. The van der Waals surface area contributed by atoms with Gasteiger partial charge in [-0.1, -0.05) is 6.58 Å². The van der Waals surface area contributed by atoms with Crippen LogP contribution in [0.1, 0.15) is 13.3 Å². The first-order valence-corrected chi connectivity index (χ1v) is 3.61. The molecule has 1 rings (SSSR count). The Morgan fingerprint density at radius 3 is 2.50 bits per heavy atom. The summed E-state index contributed by atoms with van der Waals surface area (Å²) in [5.74, 6) is -1.92. The SMILES string of the molecule is C=C(C)C(=O)OC1CC1C(=O)O. The molecule has 0 bridgehead atoms. The third kappa shape index (κ3) is 1.84. The number of carbonyl (C=O) groups excluding carboxylic acids is 1. The zero-order valence-corrected chi connectivity index (χ0v) is 6.74. The van der Waals surface area contributed by atoms with E-state index in [9.17, 15) is 9.59 Å². The maximum absolute atomic E-state index is 10.8. The van der Waals surface area contributed by atoms with Crippen molar-refractivity contribution in [1.29, 1.82) is 0 Å². The zero-order valence-electron chi connectivity index (χ0n) is 6.74. The van der Waals surface area contributed by atoms with Crippen molar-refractivity contribution in [3.63, 3.8) is 0 Å². The number of hydrogen-bond donors (Lipinski definition) is 1. The molecule has 1 N–H and O–H groups in total. The molecule has 0 saturated heterocycles. The number of aliphatic carboxylic acids is 1. The van der Waals surface area contributed by atoms with Crippen molar-refractivity contribution in [1.82, 2.24) is 0 Å². The van der Waals surface area contributed by atoms with Gasteiger partial charge in [-0.25, -0.2) is 4.79 Å². The highest BCUT2D eigenvalue weighted by atomic mass is 16.6. The van der Waals surface area contributed by atoms with Gasteiger partial charge in [-0.15, -0.1) is 0 Å². The fourth-order valence-corrected chi connectivity index (χ4v) is 0.800. The average Bonchev–Trinajstić information content (AvgIpc) is 2.67. The van der Waals surface area contributed by atoms with Crippen LogP contribution in [-0.4, -0.2) is 23.1 Å². The lowest BCUT2D eigenvalue weighted by molar-refractivity contribution is -0.144. The van der Waals surface area contributed by atoms with Crippen LogP contribution in [0.15, 0.2) is 12.2 Å². The fraction of sp³-hybridized carbons (Fsp3) is 0.500. The molecule has 0 aromatic rings. The highest BCUT2D eigenvalue weighted by molar-refractivity contribution is 5.87. The Bertz CT molecular complexity index is 243. The molecule has 0 amide bonds. The van der Waals surface area contributed by atoms with Gasteiger partial charge in [0.25, 0.3) is 0 Å². The van der Waals surface area contributed by atoms with Gasteiger partial charge in [0.05, 0.1) is 5.92 Å². The van der Waals surface area contributed by atoms with Crippen LogP contribution in [-0.2, 0) is 14.3 Å². The Kier molecular flexibility index (Phi) is 2.17. The van der Waals surface area contributed by atoms with Crippen molar-refractivity contribution in [3.05, 3.63) is 12.2 Å². The van der Waals surface area contributed by atoms with Crippen molar-refractivity contribution in [3.8, 4) is 0 Å². The summed E-state index contributed by atoms with van der Waals surface area (Å²) in [5, 5.41) is 8.46. The quantitative estimate of drug-likeness (QED) is 0.497. The summed E-state index contributed by atoms with van der Waals surface area (Å²) in [6, 6.07) is 0. The number of carboxylic acids is 1. The Labute approximate surface area is 69.8 Å². The van der Waals surface area contributed by atoms with E-state index in [1.807, 2.05) is 0 Å². The Hall–Kier alpha value is -1.32. The predicted molar refractivity (Wildman–Crippen MR) is 40.4 cm³/mol. The lowest BCUT2D eigenvalue weighted by atomic mass is 10.4. The maximum atomic E-state index is 10.8. The molecule has 2 atom stereocenters. The van der Waals surface area contributed by atoms with Crippen LogP contribution < -0.4 is 0 Å². The molecule has 0 spiro atoms. The number of esters is 1. The van der Waals surface area contributed by atoms with Gasteiger partial charge in [0.15, 0.2) is 0 Å². The van der Waals surface area contributed by atoms with E-state index >= 15 is 0 Å². The maximum Gasteiger partial charge on any atom is 0.333 e. The van der Waals surface area contributed by atoms with Crippen molar-refractivity contribution < 1.29 is 19.4 Å². The van der Waals surface area contributed by atoms with E-state index < -0.39 is 24.0 Å². The molecule has 1 aliphatic rings. The lowest BCUT2D eigenvalue weighted by Crippen LogP contribution is -2.11. The molecule has 0 aromatic carbocycles. The van der Waals surface area contributed by atoms with Crippen LogP contribution in [0, 0.1) is 5.92 Å². The molecule has 1 fully saturated rings. The van der Waals surface area contributed by atoms with E-state index in [2.05, 4.69) is 6.58 Å². The third-order valence-corrected chi connectivity index (χ3v) is 1.66. The molecule has 0 radical (unpaired) electrons. The number of ether oxygens (including phenoxy) is 1. The van der Waals surface area contributed by atoms with Crippen LogP contribution in [0.2, 0.25) is 0 Å². The van der Waals surface area contributed by atoms with Crippen molar-refractivity contribution >= 4 is 11.9 Å². The van der Waals surface area contributed by atoms with Crippen molar-refractivity contribution in [2.24, 2.45) is 5.92 Å². The molecule has 0 aliphatic heterocycles. The van der Waals surface area contributed by atoms with Crippen LogP contribution in [0.25, 0.3) is 0 Å². The van der Waals surface area contributed by atoms with Gasteiger partial charge in [0.2, 0.25) is 0 Å². The second-order valence-corrected chi connectivity index (χ2v) is 2.90. The highest BCUT2D eigenvalue weighted by Crippen LogP contribution is 2.34. The predicted octanol–water partition coefficient (Wildman–Crippen LogP) is 0.579. The van der Waals surface area contributed by atoms with E-state index in [-0.39, 0.29) is 0 Å². The van der Waals surface area contributed by atoms with Crippen molar-refractivity contribution in [2.45, 2.75) is 19.4 Å². The number of carbonyl (C=O) groups is 2. The van der Waals surface area contributed by atoms with Gasteiger partial charge in [0, 0.05) is 12.0 Å². The smallest absolute Gasteiger partial charge is 0.333 e. The summed E-state index contributed by atoms with van der Waals surface area (Å²) >= 11 is 0. The summed E-state index contributed by atoms with van der Waals surface area (Å²) in [7, 11) is 0. The zero-order chi connectivity index (χ0) is 9.30. The largest absolute Gasteiger partial charge is 0.481 e. The summed E-state index contributed by atoms with van der Waals surface area (Å²) in [6.07, 6.45) is -0.0133.